The third-order valence-corrected chi connectivity index (χ3v) is 2.56. The summed E-state index contributed by atoms with van der Waals surface area (Å²) in [6.45, 7) is -2.95. The zero-order valence-electron chi connectivity index (χ0n) is 10.7. The fourth-order valence-electron chi connectivity index (χ4n) is 1.69. The molecule has 0 radical (unpaired) electrons. The second-order valence-electron chi connectivity index (χ2n) is 3.80. The molecule has 1 unspecified atom stereocenters. The highest BCUT2D eigenvalue weighted by atomic mass is 19.3. The maximum Gasteiger partial charge on any atom is 0.387 e. The van der Waals surface area contributed by atoms with Crippen molar-refractivity contribution in [2.75, 3.05) is 14.2 Å². The molecule has 0 bridgehead atoms. The van der Waals surface area contributed by atoms with Crippen molar-refractivity contribution in [1.82, 2.24) is 5.32 Å². The SMILES string of the molecule is CNC(CC(N)=O)c1ccc(OC)c(OC(F)F)c1. The van der Waals surface area contributed by atoms with E-state index in [2.05, 4.69) is 10.1 Å². The Hall–Kier alpha value is -1.89. The molecule has 1 aromatic rings. The number of nitrogens with one attached hydrogen (secondary N) is 1. The molecular formula is C12H16F2N2O3. The van der Waals surface area contributed by atoms with Crippen molar-refractivity contribution in [3.8, 4) is 11.5 Å². The lowest BCUT2D eigenvalue weighted by molar-refractivity contribution is -0.118. The Morgan fingerprint density at radius 1 is 1.42 bits per heavy atom. The summed E-state index contributed by atoms with van der Waals surface area (Å²) in [6.07, 6.45) is 0.0525. The van der Waals surface area contributed by atoms with E-state index in [0.717, 1.165) is 0 Å². The molecule has 0 aliphatic rings. The average Bonchev–Trinajstić information content (AvgIpc) is 2.35. The lowest BCUT2D eigenvalue weighted by Crippen LogP contribution is -2.23. The van der Waals surface area contributed by atoms with Crippen molar-refractivity contribution in [3.05, 3.63) is 23.8 Å². The third-order valence-electron chi connectivity index (χ3n) is 2.56. The van der Waals surface area contributed by atoms with Gasteiger partial charge in [0.05, 0.1) is 7.11 Å². The van der Waals surface area contributed by atoms with E-state index in [4.69, 9.17) is 10.5 Å². The number of methoxy groups -OCH3 is 1. The largest absolute Gasteiger partial charge is 0.493 e. The molecule has 0 fully saturated rings. The normalized spacial score (nSPS) is 12.3. The Bertz CT molecular complexity index is 441. The van der Waals surface area contributed by atoms with Crippen molar-refractivity contribution in [2.24, 2.45) is 5.73 Å². The molecule has 0 aliphatic heterocycles. The quantitative estimate of drug-likeness (QED) is 0.789. The van der Waals surface area contributed by atoms with Crippen LogP contribution in [0, 0.1) is 0 Å². The Kier molecular flexibility index (Phi) is 5.50. The van der Waals surface area contributed by atoms with Crippen LogP contribution < -0.4 is 20.5 Å². The van der Waals surface area contributed by atoms with Crippen LogP contribution in [0.2, 0.25) is 0 Å². The number of primary amides is 1. The van der Waals surface area contributed by atoms with Gasteiger partial charge in [0, 0.05) is 12.5 Å². The topological polar surface area (TPSA) is 73.6 Å². The summed E-state index contributed by atoms with van der Waals surface area (Å²) in [7, 11) is 3.00. The molecule has 0 saturated heterocycles. The molecule has 1 atom stereocenters. The summed E-state index contributed by atoms with van der Waals surface area (Å²) < 4.78 is 33.9. The highest BCUT2D eigenvalue weighted by Gasteiger charge is 2.17. The molecule has 0 aliphatic carbocycles. The molecule has 1 rings (SSSR count). The highest BCUT2D eigenvalue weighted by molar-refractivity contribution is 5.74. The number of nitrogens with two attached hydrogens (primary N) is 1. The minimum atomic E-state index is -2.95. The molecule has 0 heterocycles. The second kappa shape index (κ2) is 6.89. The molecule has 3 N–H and O–H groups in total. The number of benzene rings is 1. The summed E-state index contributed by atoms with van der Waals surface area (Å²) in [5.41, 5.74) is 5.74. The number of rotatable bonds is 7. The predicted octanol–water partition coefficient (Wildman–Crippen LogP) is 1.43. The molecule has 0 spiro atoms. The smallest absolute Gasteiger partial charge is 0.387 e. The van der Waals surface area contributed by atoms with E-state index >= 15 is 0 Å². The van der Waals surface area contributed by atoms with Crippen LogP contribution in [0.1, 0.15) is 18.0 Å². The van der Waals surface area contributed by atoms with Gasteiger partial charge in [-0.05, 0) is 24.7 Å². The van der Waals surface area contributed by atoms with E-state index in [-0.39, 0.29) is 24.0 Å². The predicted molar refractivity (Wildman–Crippen MR) is 65.2 cm³/mol. The van der Waals surface area contributed by atoms with E-state index < -0.39 is 12.5 Å². The first kappa shape index (κ1) is 15.2. The van der Waals surface area contributed by atoms with Gasteiger partial charge in [0.25, 0.3) is 0 Å². The maximum atomic E-state index is 12.3. The minimum absolute atomic E-state index is 0.0525. The van der Waals surface area contributed by atoms with Gasteiger partial charge in [-0.3, -0.25) is 4.79 Å². The zero-order chi connectivity index (χ0) is 14.4. The number of alkyl halides is 2. The van der Waals surface area contributed by atoms with Crippen LogP contribution in [0.5, 0.6) is 11.5 Å². The van der Waals surface area contributed by atoms with E-state index in [1.165, 1.54) is 19.2 Å². The lowest BCUT2D eigenvalue weighted by atomic mass is 10.0. The van der Waals surface area contributed by atoms with Crippen molar-refractivity contribution in [3.63, 3.8) is 0 Å². The first-order chi connectivity index (χ1) is 8.97. The number of carbonyl (C=O) groups excluding carboxylic acids is 1. The summed E-state index contributed by atoms with van der Waals surface area (Å²) >= 11 is 0. The number of hydrogen-bond donors (Lipinski definition) is 2. The van der Waals surface area contributed by atoms with E-state index in [9.17, 15) is 13.6 Å². The molecule has 19 heavy (non-hydrogen) atoms. The Balaban J connectivity index is 3.04. The molecule has 5 nitrogen and oxygen atoms in total. The molecule has 1 aromatic carbocycles. The summed E-state index contributed by atoms with van der Waals surface area (Å²) in [4.78, 5) is 10.9. The maximum absolute atomic E-state index is 12.3. The first-order valence-electron chi connectivity index (χ1n) is 5.56. The molecule has 0 saturated carbocycles. The fourth-order valence-corrected chi connectivity index (χ4v) is 1.69. The van der Waals surface area contributed by atoms with Gasteiger partial charge in [-0.15, -0.1) is 0 Å². The summed E-state index contributed by atoms with van der Waals surface area (Å²) in [5.74, 6) is -0.385. The van der Waals surface area contributed by atoms with Gasteiger partial charge in [0.1, 0.15) is 0 Å². The lowest BCUT2D eigenvalue weighted by Gasteiger charge is -2.17. The number of carbonyl (C=O) groups is 1. The molecule has 7 heteroatoms. The number of halogens is 2. The summed E-state index contributed by atoms with van der Waals surface area (Å²) in [6, 6.07) is 4.18. The fraction of sp³-hybridized carbons (Fsp3) is 0.417. The standard InChI is InChI=1S/C12H16F2N2O3/c1-16-8(6-11(15)17)7-3-4-9(18-2)10(5-7)19-12(13)14/h3-5,8,12,16H,6H2,1-2H3,(H2,15,17). The Labute approximate surface area is 109 Å². The zero-order valence-corrected chi connectivity index (χ0v) is 10.7. The van der Waals surface area contributed by atoms with Crippen molar-refractivity contribution in [1.29, 1.82) is 0 Å². The summed E-state index contributed by atoms with van der Waals surface area (Å²) in [5, 5.41) is 2.88. The van der Waals surface area contributed by atoms with Gasteiger partial charge < -0.3 is 20.5 Å². The number of ether oxygens (including phenoxy) is 2. The van der Waals surface area contributed by atoms with Crippen LogP contribution in [0.15, 0.2) is 18.2 Å². The van der Waals surface area contributed by atoms with Crippen LogP contribution in [0.3, 0.4) is 0 Å². The van der Waals surface area contributed by atoms with Crippen LogP contribution in [-0.2, 0) is 4.79 Å². The Morgan fingerprint density at radius 2 is 2.11 bits per heavy atom. The van der Waals surface area contributed by atoms with Crippen molar-refractivity contribution in [2.45, 2.75) is 19.1 Å². The highest BCUT2D eigenvalue weighted by Crippen LogP contribution is 2.32. The molecule has 1 amide bonds. The van der Waals surface area contributed by atoms with Crippen molar-refractivity contribution < 1.29 is 23.0 Å². The van der Waals surface area contributed by atoms with Crippen LogP contribution in [0.25, 0.3) is 0 Å². The van der Waals surface area contributed by atoms with Gasteiger partial charge in [-0.25, -0.2) is 0 Å². The first-order valence-corrected chi connectivity index (χ1v) is 5.56. The third kappa shape index (κ3) is 4.36. The van der Waals surface area contributed by atoms with Crippen LogP contribution >= 0.6 is 0 Å². The second-order valence-corrected chi connectivity index (χ2v) is 3.80. The van der Waals surface area contributed by atoms with Crippen LogP contribution in [0.4, 0.5) is 8.78 Å². The number of amides is 1. The van der Waals surface area contributed by atoms with Crippen LogP contribution in [-0.4, -0.2) is 26.7 Å². The van der Waals surface area contributed by atoms with E-state index in [1.807, 2.05) is 0 Å². The van der Waals surface area contributed by atoms with E-state index in [1.54, 1.807) is 13.1 Å². The van der Waals surface area contributed by atoms with Gasteiger partial charge >= 0.3 is 6.61 Å². The van der Waals surface area contributed by atoms with Gasteiger partial charge in [-0.1, -0.05) is 6.07 Å². The molecular weight excluding hydrogens is 258 g/mol. The monoisotopic (exact) mass is 274 g/mol. The molecule has 106 valence electrons. The Morgan fingerprint density at radius 3 is 2.58 bits per heavy atom. The van der Waals surface area contributed by atoms with Gasteiger partial charge in [0.15, 0.2) is 11.5 Å². The molecule has 0 aromatic heterocycles. The average molecular weight is 274 g/mol. The van der Waals surface area contributed by atoms with Gasteiger partial charge in [-0.2, -0.15) is 8.78 Å². The minimum Gasteiger partial charge on any atom is -0.493 e. The van der Waals surface area contributed by atoms with Crippen molar-refractivity contribution >= 4 is 5.91 Å². The number of hydrogen-bond acceptors (Lipinski definition) is 4. The van der Waals surface area contributed by atoms with Gasteiger partial charge in [0.2, 0.25) is 5.91 Å². The van der Waals surface area contributed by atoms with E-state index in [0.29, 0.717) is 5.56 Å².